The van der Waals surface area contributed by atoms with E-state index >= 15 is 0 Å². The van der Waals surface area contributed by atoms with Gasteiger partial charge in [0.15, 0.2) is 0 Å². The molecule has 0 spiro atoms. The van der Waals surface area contributed by atoms with Crippen molar-refractivity contribution in [3.8, 4) is 5.75 Å². The van der Waals surface area contributed by atoms with Crippen LogP contribution in [0.2, 0.25) is 0 Å². The van der Waals surface area contributed by atoms with Crippen molar-refractivity contribution >= 4 is 5.97 Å². The lowest BCUT2D eigenvalue weighted by molar-refractivity contribution is -0.137. The Morgan fingerprint density at radius 1 is 1.24 bits per heavy atom. The van der Waals surface area contributed by atoms with Crippen LogP contribution in [0.4, 0.5) is 0 Å². The molecule has 0 bridgehead atoms. The molecular weight excluding hydrogens is 264 g/mol. The zero-order chi connectivity index (χ0) is 15.1. The molecule has 1 atom stereocenters. The predicted octanol–water partition coefficient (Wildman–Crippen LogP) is 4.61. The van der Waals surface area contributed by atoms with Crippen LogP contribution in [0.3, 0.4) is 0 Å². The number of rotatable bonds is 7. The third kappa shape index (κ3) is 5.07. The number of carbonyl (C=O) groups is 1. The molecule has 0 heterocycles. The zero-order valence-electron chi connectivity index (χ0n) is 12.9. The Morgan fingerprint density at radius 3 is 2.48 bits per heavy atom. The Hall–Kier alpha value is -1.51. The standard InChI is InChI=1S/C18H26O3/c1-2-15(12-18(19)20)16-8-10-17(11-9-16)21-13-14-6-4-3-5-7-14/h8-11,14-15H,2-7,12-13H2,1H3,(H,19,20)/t15-/m1/s1. The Balaban J connectivity index is 1.87. The van der Waals surface area contributed by atoms with Crippen molar-refractivity contribution in [1.29, 1.82) is 0 Å². The molecule has 0 amide bonds. The van der Waals surface area contributed by atoms with Crippen molar-refractivity contribution in [2.24, 2.45) is 5.92 Å². The van der Waals surface area contributed by atoms with Crippen molar-refractivity contribution in [2.45, 2.75) is 57.8 Å². The zero-order valence-corrected chi connectivity index (χ0v) is 12.9. The second kappa shape index (κ2) is 8.06. The van der Waals surface area contributed by atoms with E-state index in [-0.39, 0.29) is 12.3 Å². The molecule has 0 aromatic heterocycles. The van der Waals surface area contributed by atoms with E-state index in [4.69, 9.17) is 9.84 Å². The van der Waals surface area contributed by atoms with Crippen LogP contribution in [0, 0.1) is 5.92 Å². The summed E-state index contributed by atoms with van der Waals surface area (Å²) >= 11 is 0. The van der Waals surface area contributed by atoms with E-state index < -0.39 is 5.97 Å². The van der Waals surface area contributed by atoms with Gasteiger partial charge >= 0.3 is 5.97 Å². The first-order valence-corrected chi connectivity index (χ1v) is 8.13. The van der Waals surface area contributed by atoms with E-state index in [1.54, 1.807) is 0 Å². The summed E-state index contributed by atoms with van der Waals surface area (Å²) in [5.41, 5.74) is 1.09. The first kappa shape index (κ1) is 15.9. The molecule has 21 heavy (non-hydrogen) atoms. The Morgan fingerprint density at radius 2 is 1.90 bits per heavy atom. The fourth-order valence-corrected chi connectivity index (χ4v) is 3.11. The van der Waals surface area contributed by atoms with Crippen LogP contribution in [-0.2, 0) is 4.79 Å². The quantitative estimate of drug-likeness (QED) is 0.797. The Labute approximate surface area is 127 Å². The van der Waals surface area contributed by atoms with E-state index in [0.717, 1.165) is 24.3 Å². The van der Waals surface area contributed by atoms with E-state index in [1.807, 2.05) is 31.2 Å². The van der Waals surface area contributed by atoms with Crippen LogP contribution < -0.4 is 4.74 Å². The highest BCUT2D eigenvalue weighted by Gasteiger charge is 2.15. The van der Waals surface area contributed by atoms with Gasteiger partial charge in [-0.25, -0.2) is 0 Å². The van der Waals surface area contributed by atoms with Crippen LogP contribution >= 0.6 is 0 Å². The molecule has 1 fully saturated rings. The minimum atomic E-state index is -0.737. The van der Waals surface area contributed by atoms with Gasteiger partial charge in [-0.15, -0.1) is 0 Å². The van der Waals surface area contributed by atoms with Gasteiger partial charge in [-0.2, -0.15) is 0 Å². The van der Waals surface area contributed by atoms with E-state index in [9.17, 15) is 4.79 Å². The number of hydrogen-bond donors (Lipinski definition) is 1. The van der Waals surface area contributed by atoms with Gasteiger partial charge in [-0.3, -0.25) is 4.79 Å². The molecule has 1 N–H and O–H groups in total. The van der Waals surface area contributed by atoms with Gasteiger partial charge in [0.1, 0.15) is 5.75 Å². The normalized spacial score (nSPS) is 17.4. The molecular formula is C18H26O3. The molecule has 0 unspecified atom stereocenters. The Bertz CT molecular complexity index is 432. The predicted molar refractivity (Wildman–Crippen MR) is 83.8 cm³/mol. The largest absolute Gasteiger partial charge is 0.493 e. The maximum absolute atomic E-state index is 10.9. The molecule has 1 aromatic carbocycles. The number of carboxylic acids is 1. The highest BCUT2D eigenvalue weighted by Crippen LogP contribution is 2.27. The average Bonchev–Trinajstić information content (AvgIpc) is 2.52. The molecule has 3 heteroatoms. The minimum absolute atomic E-state index is 0.0925. The molecule has 116 valence electrons. The third-order valence-electron chi connectivity index (χ3n) is 4.48. The van der Waals surface area contributed by atoms with Gasteiger partial charge in [0, 0.05) is 0 Å². The van der Waals surface area contributed by atoms with E-state index in [1.165, 1.54) is 32.1 Å². The van der Waals surface area contributed by atoms with Crippen molar-refractivity contribution < 1.29 is 14.6 Å². The lowest BCUT2D eigenvalue weighted by atomic mass is 9.90. The molecule has 1 aliphatic rings. The Kier molecular flexibility index (Phi) is 6.09. The fraction of sp³-hybridized carbons (Fsp3) is 0.611. The molecule has 3 nitrogen and oxygen atoms in total. The molecule has 0 aliphatic heterocycles. The van der Waals surface area contributed by atoms with Gasteiger partial charge in [0.2, 0.25) is 0 Å². The molecule has 1 aromatic rings. The molecule has 1 aliphatic carbocycles. The SMILES string of the molecule is CC[C@H](CC(=O)O)c1ccc(OCC2CCCCC2)cc1. The van der Waals surface area contributed by atoms with Gasteiger partial charge in [-0.05, 0) is 48.8 Å². The maximum Gasteiger partial charge on any atom is 0.303 e. The summed E-state index contributed by atoms with van der Waals surface area (Å²) in [6.07, 6.45) is 7.64. The lowest BCUT2D eigenvalue weighted by Gasteiger charge is -2.21. The highest BCUT2D eigenvalue weighted by atomic mass is 16.5. The number of aliphatic carboxylic acids is 1. The second-order valence-corrected chi connectivity index (χ2v) is 6.09. The monoisotopic (exact) mass is 290 g/mol. The topological polar surface area (TPSA) is 46.5 Å². The fourth-order valence-electron chi connectivity index (χ4n) is 3.11. The smallest absolute Gasteiger partial charge is 0.303 e. The number of benzene rings is 1. The summed E-state index contributed by atoms with van der Waals surface area (Å²) in [5.74, 6) is 0.956. The molecule has 0 radical (unpaired) electrons. The average molecular weight is 290 g/mol. The summed E-state index contributed by atoms with van der Waals surface area (Å²) in [6.45, 7) is 2.84. The summed E-state index contributed by atoms with van der Waals surface area (Å²) in [7, 11) is 0. The van der Waals surface area contributed by atoms with E-state index in [2.05, 4.69) is 0 Å². The number of ether oxygens (including phenoxy) is 1. The maximum atomic E-state index is 10.9. The summed E-state index contributed by atoms with van der Waals surface area (Å²) < 4.78 is 5.88. The molecule has 0 saturated heterocycles. The van der Waals surface area contributed by atoms with Crippen LogP contribution in [-0.4, -0.2) is 17.7 Å². The molecule has 1 saturated carbocycles. The number of hydrogen-bond acceptors (Lipinski definition) is 2. The van der Waals surface area contributed by atoms with Crippen molar-refractivity contribution in [2.75, 3.05) is 6.61 Å². The first-order chi connectivity index (χ1) is 10.2. The summed E-state index contributed by atoms with van der Waals surface area (Å²) in [5, 5.41) is 8.93. The van der Waals surface area contributed by atoms with Crippen molar-refractivity contribution in [3.63, 3.8) is 0 Å². The van der Waals surface area contributed by atoms with Crippen molar-refractivity contribution in [3.05, 3.63) is 29.8 Å². The summed E-state index contributed by atoms with van der Waals surface area (Å²) in [4.78, 5) is 10.9. The van der Waals surface area contributed by atoms with Crippen molar-refractivity contribution in [1.82, 2.24) is 0 Å². The molecule has 2 rings (SSSR count). The van der Waals surface area contributed by atoms with Gasteiger partial charge in [0.25, 0.3) is 0 Å². The third-order valence-corrected chi connectivity index (χ3v) is 4.48. The van der Waals surface area contributed by atoms with E-state index in [0.29, 0.717) is 5.92 Å². The van der Waals surface area contributed by atoms with Gasteiger partial charge < -0.3 is 9.84 Å². The van der Waals surface area contributed by atoms with Gasteiger partial charge in [0.05, 0.1) is 13.0 Å². The van der Waals surface area contributed by atoms with Crippen LogP contribution in [0.15, 0.2) is 24.3 Å². The number of carboxylic acid groups (broad SMARTS) is 1. The lowest BCUT2D eigenvalue weighted by Crippen LogP contribution is -2.15. The first-order valence-electron chi connectivity index (χ1n) is 8.13. The van der Waals surface area contributed by atoms with Crippen LogP contribution in [0.1, 0.15) is 63.4 Å². The van der Waals surface area contributed by atoms with Gasteiger partial charge in [-0.1, -0.05) is 38.3 Å². The minimum Gasteiger partial charge on any atom is -0.493 e. The summed E-state index contributed by atoms with van der Waals surface area (Å²) in [6, 6.07) is 7.96. The van der Waals surface area contributed by atoms with Crippen LogP contribution in [0.5, 0.6) is 5.75 Å². The highest BCUT2D eigenvalue weighted by molar-refractivity contribution is 5.68. The second-order valence-electron chi connectivity index (χ2n) is 6.09. The van der Waals surface area contributed by atoms with Crippen LogP contribution in [0.25, 0.3) is 0 Å².